The first-order chi connectivity index (χ1) is 16.4. The van der Waals surface area contributed by atoms with Gasteiger partial charge >= 0.3 is 5.97 Å². The van der Waals surface area contributed by atoms with Crippen molar-refractivity contribution in [2.24, 2.45) is 46.3 Å². The molecular weight excluding hydrogens is 444 g/mol. The maximum absolute atomic E-state index is 13.7. The lowest BCUT2D eigenvalue weighted by Gasteiger charge is -2.63. The molecule has 35 heavy (non-hydrogen) atoms. The van der Waals surface area contributed by atoms with Crippen LogP contribution in [0, 0.1) is 46.3 Å². The number of rotatable bonds is 1. The summed E-state index contributed by atoms with van der Waals surface area (Å²) in [7, 11) is 0. The number of hydrogen-bond acceptors (Lipinski definition) is 6. The third-order valence-electron chi connectivity index (χ3n) is 12.2. The Labute approximate surface area is 209 Å². The van der Waals surface area contributed by atoms with E-state index in [4.69, 9.17) is 14.2 Å². The van der Waals surface area contributed by atoms with Crippen LogP contribution < -0.4 is 0 Å². The third kappa shape index (κ3) is 3.18. The Morgan fingerprint density at radius 3 is 2.54 bits per heavy atom. The summed E-state index contributed by atoms with van der Waals surface area (Å²) in [6.45, 7) is 11.4. The molecule has 0 aromatic carbocycles. The standard InChI is InChI=1S/C29H44O6/c1-16-6-11-29(33-15-16)17(2)25-23(35-29)13-22-20-12-24(31)28(32)14-19(34-18(3)30)7-10-27(28,5)21(20)8-9-26(22,25)4/h16-17,19-23,25,32H,6-15H2,1-5H3/t16-,17+,19-,20+,21-,22-,23-,25-,26-,27+,28-,29-/m0/s1. The molecule has 6 aliphatic rings. The quantitative estimate of drug-likeness (QED) is 0.541. The zero-order valence-electron chi connectivity index (χ0n) is 22.2. The largest absolute Gasteiger partial charge is 0.462 e. The maximum Gasteiger partial charge on any atom is 0.302 e. The highest BCUT2D eigenvalue weighted by Gasteiger charge is 2.72. The zero-order chi connectivity index (χ0) is 25.0. The van der Waals surface area contributed by atoms with Crippen molar-refractivity contribution in [3.63, 3.8) is 0 Å². The van der Waals surface area contributed by atoms with Gasteiger partial charge in [0.15, 0.2) is 11.6 Å². The highest BCUT2D eigenvalue weighted by atomic mass is 16.7. The average Bonchev–Trinajstić information content (AvgIpc) is 3.23. The molecule has 2 heterocycles. The molecule has 12 atom stereocenters. The van der Waals surface area contributed by atoms with Crippen molar-refractivity contribution in [2.45, 2.75) is 116 Å². The van der Waals surface area contributed by atoms with Gasteiger partial charge < -0.3 is 19.3 Å². The van der Waals surface area contributed by atoms with Crippen LogP contribution in [0.5, 0.6) is 0 Å². The van der Waals surface area contributed by atoms with E-state index in [9.17, 15) is 14.7 Å². The van der Waals surface area contributed by atoms with E-state index >= 15 is 0 Å². The Balaban J connectivity index is 1.26. The molecule has 0 bridgehead atoms. The predicted octanol–water partition coefficient (Wildman–Crippen LogP) is 4.66. The van der Waals surface area contributed by atoms with Crippen LogP contribution in [0.15, 0.2) is 0 Å². The normalized spacial score (nSPS) is 57.3. The first kappa shape index (κ1) is 24.4. The van der Waals surface area contributed by atoms with Crippen molar-refractivity contribution >= 4 is 11.8 Å². The molecule has 6 rings (SSSR count). The fourth-order valence-corrected chi connectivity index (χ4v) is 10.4. The second-order valence-corrected chi connectivity index (χ2v) is 13.8. The van der Waals surface area contributed by atoms with E-state index < -0.39 is 16.8 Å². The van der Waals surface area contributed by atoms with Gasteiger partial charge in [-0.1, -0.05) is 27.7 Å². The topological polar surface area (TPSA) is 82.1 Å². The van der Waals surface area contributed by atoms with Crippen molar-refractivity contribution in [3.05, 3.63) is 0 Å². The Hall–Kier alpha value is -0.980. The Bertz CT molecular complexity index is 909. The summed E-state index contributed by atoms with van der Waals surface area (Å²) in [4.78, 5) is 25.2. The summed E-state index contributed by atoms with van der Waals surface area (Å²) in [5.74, 6) is 1.68. The van der Waals surface area contributed by atoms with Crippen LogP contribution in [0.25, 0.3) is 0 Å². The molecule has 0 amide bonds. The van der Waals surface area contributed by atoms with Crippen molar-refractivity contribution in [1.82, 2.24) is 0 Å². The number of ether oxygens (including phenoxy) is 3. The summed E-state index contributed by atoms with van der Waals surface area (Å²) >= 11 is 0. The van der Waals surface area contributed by atoms with Crippen LogP contribution in [0.4, 0.5) is 0 Å². The van der Waals surface area contributed by atoms with Gasteiger partial charge in [0.05, 0.1) is 12.7 Å². The van der Waals surface area contributed by atoms with Crippen molar-refractivity contribution in [3.8, 4) is 0 Å². The number of carbonyl (C=O) groups is 2. The van der Waals surface area contributed by atoms with E-state index in [2.05, 4.69) is 27.7 Å². The van der Waals surface area contributed by atoms with Gasteiger partial charge in [-0.3, -0.25) is 9.59 Å². The first-order valence-electron chi connectivity index (χ1n) is 14.2. The van der Waals surface area contributed by atoms with E-state index in [0.717, 1.165) is 51.6 Å². The van der Waals surface area contributed by atoms with Crippen molar-refractivity contribution < 1.29 is 28.9 Å². The lowest BCUT2D eigenvalue weighted by Crippen LogP contribution is -2.67. The number of carbonyl (C=O) groups excluding carboxylic acids is 2. The van der Waals surface area contributed by atoms with Crippen LogP contribution in [-0.2, 0) is 23.8 Å². The number of hydrogen-bond donors (Lipinski definition) is 1. The SMILES string of the molecule is CC(=O)O[C@H]1CC[C@]2(C)[C@H]3CC[C@]4(C)[C@@H]5[C@H](C[C@H]4[C@@H]3CC(=O)[C@@]2(O)C1)O[C@@]1(CC[C@H](C)CO1)[C@@H]5C. The molecule has 2 aliphatic heterocycles. The highest BCUT2D eigenvalue weighted by Crippen LogP contribution is 2.71. The minimum Gasteiger partial charge on any atom is -0.462 e. The number of Topliss-reactive ketones (excluding diaryl/α,β-unsaturated/α-hetero) is 1. The Morgan fingerprint density at radius 1 is 1.09 bits per heavy atom. The van der Waals surface area contributed by atoms with Crippen molar-refractivity contribution in [1.29, 1.82) is 0 Å². The van der Waals surface area contributed by atoms with E-state index in [1.807, 2.05) is 0 Å². The molecule has 1 N–H and O–H groups in total. The van der Waals surface area contributed by atoms with E-state index in [1.165, 1.54) is 6.92 Å². The van der Waals surface area contributed by atoms with Crippen LogP contribution in [-0.4, -0.2) is 47.1 Å². The molecule has 0 radical (unpaired) electrons. The molecule has 4 saturated carbocycles. The Kier molecular flexibility index (Phi) is 5.41. The average molecular weight is 489 g/mol. The second-order valence-electron chi connectivity index (χ2n) is 13.8. The lowest BCUT2D eigenvalue weighted by atomic mass is 9.42. The molecular formula is C29H44O6. The van der Waals surface area contributed by atoms with Gasteiger partial charge in [0, 0.05) is 37.5 Å². The molecule has 6 heteroatoms. The van der Waals surface area contributed by atoms with Gasteiger partial charge in [0.1, 0.15) is 11.7 Å². The minimum absolute atomic E-state index is 0.0329. The summed E-state index contributed by atoms with van der Waals surface area (Å²) in [6, 6.07) is 0. The summed E-state index contributed by atoms with van der Waals surface area (Å²) in [6.07, 6.45) is 7.30. The number of ketones is 1. The number of aliphatic hydroxyl groups is 1. The van der Waals surface area contributed by atoms with Gasteiger partial charge in [-0.15, -0.1) is 0 Å². The van der Waals surface area contributed by atoms with E-state index in [-0.39, 0.29) is 35.8 Å². The third-order valence-corrected chi connectivity index (χ3v) is 12.2. The summed E-state index contributed by atoms with van der Waals surface area (Å²) < 4.78 is 18.7. The molecule has 0 aromatic heterocycles. The fourth-order valence-electron chi connectivity index (χ4n) is 10.4. The minimum atomic E-state index is -1.39. The molecule has 4 aliphatic carbocycles. The monoisotopic (exact) mass is 488 g/mol. The highest BCUT2D eigenvalue weighted by molar-refractivity contribution is 5.89. The lowest BCUT2D eigenvalue weighted by molar-refractivity contribution is -0.273. The first-order valence-corrected chi connectivity index (χ1v) is 14.2. The molecule has 2 saturated heterocycles. The van der Waals surface area contributed by atoms with Gasteiger partial charge in [0.2, 0.25) is 0 Å². The molecule has 196 valence electrons. The Morgan fingerprint density at radius 2 is 1.86 bits per heavy atom. The molecule has 0 unspecified atom stereocenters. The fraction of sp³-hybridized carbons (Fsp3) is 0.931. The van der Waals surface area contributed by atoms with Gasteiger partial charge in [-0.25, -0.2) is 0 Å². The van der Waals surface area contributed by atoms with Gasteiger partial charge in [0.25, 0.3) is 0 Å². The number of fused-ring (bicyclic) bond motifs is 7. The zero-order valence-corrected chi connectivity index (χ0v) is 22.2. The summed E-state index contributed by atoms with van der Waals surface area (Å²) in [5, 5.41) is 11.9. The van der Waals surface area contributed by atoms with E-state index in [0.29, 0.717) is 41.9 Å². The van der Waals surface area contributed by atoms with Crippen molar-refractivity contribution in [2.75, 3.05) is 6.61 Å². The second kappa shape index (κ2) is 7.77. The van der Waals surface area contributed by atoms with Crippen LogP contribution in [0.3, 0.4) is 0 Å². The maximum atomic E-state index is 13.7. The molecule has 6 fully saturated rings. The van der Waals surface area contributed by atoms with Gasteiger partial charge in [-0.2, -0.15) is 0 Å². The van der Waals surface area contributed by atoms with E-state index in [1.54, 1.807) is 0 Å². The smallest absolute Gasteiger partial charge is 0.302 e. The molecule has 6 nitrogen and oxygen atoms in total. The van der Waals surface area contributed by atoms with Crippen LogP contribution in [0.2, 0.25) is 0 Å². The number of esters is 1. The van der Waals surface area contributed by atoms with Crippen LogP contribution in [0.1, 0.15) is 92.4 Å². The molecule has 0 aromatic rings. The van der Waals surface area contributed by atoms with Crippen LogP contribution >= 0.6 is 0 Å². The predicted molar refractivity (Wildman–Crippen MR) is 129 cm³/mol. The summed E-state index contributed by atoms with van der Waals surface area (Å²) in [5.41, 5.74) is -1.71. The van der Waals surface area contributed by atoms with Gasteiger partial charge in [-0.05, 0) is 73.5 Å². The molecule has 1 spiro atoms.